The number of hydrogen-bond donors (Lipinski definition) is 3. The molecule has 0 bridgehead atoms. The molecule has 0 heterocycles. The standard InChI is InChI=1S/C14H18N2O4S/c1-8-3-4-9(2)11(5-8)21-7-13(18)16-10(14(19)20)6-12(15)17/h3-5,10H,6-7H2,1-2H3,(H2,15,17)(H,16,18)(H,19,20)/t10-/m0/s1. The molecule has 0 unspecified atom stereocenters. The van der Waals surface area contributed by atoms with Crippen molar-refractivity contribution in [2.75, 3.05) is 5.75 Å². The summed E-state index contributed by atoms with van der Waals surface area (Å²) in [7, 11) is 0. The number of aliphatic carboxylic acids is 1. The Morgan fingerprint density at radius 2 is 2.00 bits per heavy atom. The van der Waals surface area contributed by atoms with Gasteiger partial charge >= 0.3 is 5.97 Å². The predicted octanol–water partition coefficient (Wildman–Crippen LogP) is 0.840. The number of aryl methyl sites for hydroxylation is 2. The Morgan fingerprint density at radius 3 is 2.57 bits per heavy atom. The van der Waals surface area contributed by atoms with Crippen molar-refractivity contribution in [1.29, 1.82) is 0 Å². The molecule has 0 aromatic heterocycles. The van der Waals surface area contributed by atoms with Gasteiger partial charge < -0.3 is 16.2 Å². The third-order valence-electron chi connectivity index (χ3n) is 2.74. The molecule has 2 amide bonds. The number of thioether (sulfide) groups is 1. The van der Waals surface area contributed by atoms with E-state index in [0.717, 1.165) is 16.0 Å². The summed E-state index contributed by atoms with van der Waals surface area (Å²) in [6, 6.07) is 4.62. The zero-order chi connectivity index (χ0) is 16.0. The number of carboxylic acids is 1. The summed E-state index contributed by atoms with van der Waals surface area (Å²) >= 11 is 1.32. The van der Waals surface area contributed by atoms with Crippen LogP contribution in [0.5, 0.6) is 0 Å². The van der Waals surface area contributed by atoms with Gasteiger partial charge in [0.15, 0.2) is 0 Å². The van der Waals surface area contributed by atoms with Crippen LogP contribution >= 0.6 is 11.8 Å². The minimum Gasteiger partial charge on any atom is -0.480 e. The molecule has 1 atom stereocenters. The Morgan fingerprint density at radius 1 is 1.33 bits per heavy atom. The first-order chi connectivity index (χ1) is 9.79. The van der Waals surface area contributed by atoms with Gasteiger partial charge in [0.2, 0.25) is 11.8 Å². The fraction of sp³-hybridized carbons (Fsp3) is 0.357. The van der Waals surface area contributed by atoms with E-state index in [0.29, 0.717) is 0 Å². The summed E-state index contributed by atoms with van der Waals surface area (Å²) < 4.78 is 0. The molecular formula is C14H18N2O4S. The summed E-state index contributed by atoms with van der Waals surface area (Å²) in [5.41, 5.74) is 7.08. The van der Waals surface area contributed by atoms with Gasteiger partial charge in [-0.15, -0.1) is 11.8 Å². The number of primary amides is 1. The highest BCUT2D eigenvalue weighted by Crippen LogP contribution is 2.23. The van der Waals surface area contributed by atoms with Gasteiger partial charge in [-0.25, -0.2) is 4.79 Å². The molecule has 1 aromatic carbocycles. The number of nitrogens with one attached hydrogen (secondary N) is 1. The number of rotatable bonds is 7. The van der Waals surface area contributed by atoms with E-state index in [2.05, 4.69) is 5.32 Å². The molecule has 1 aromatic rings. The summed E-state index contributed by atoms with van der Waals surface area (Å²) in [4.78, 5) is 34.4. The van der Waals surface area contributed by atoms with E-state index < -0.39 is 30.2 Å². The number of amides is 2. The summed E-state index contributed by atoms with van der Waals surface area (Å²) in [6.07, 6.45) is -0.421. The van der Waals surface area contributed by atoms with Crippen molar-refractivity contribution < 1.29 is 19.5 Å². The maximum Gasteiger partial charge on any atom is 0.326 e. The second-order valence-corrected chi connectivity index (χ2v) is 5.70. The second kappa shape index (κ2) is 7.68. The number of carbonyl (C=O) groups is 3. The first kappa shape index (κ1) is 17.0. The average molecular weight is 310 g/mol. The third-order valence-corrected chi connectivity index (χ3v) is 3.90. The van der Waals surface area contributed by atoms with Crippen LogP contribution < -0.4 is 11.1 Å². The summed E-state index contributed by atoms with van der Waals surface area (Å²) in [5.74, 6) is -2.43. The number of hydrogen-bond acceptors (Lipinski definition) is 4. The molecule has 6 nitrogen and oxygen atoms in total. The molecule has 0 aliphatic carbocycles. The van der Waals surface area contributed by atoms with Crippen LogP contribution in [-0.2, 0) is 14.4 Å². The molecule has 0 saturated heterocycles. The molecule has 0 aliphatic rings. The van der Waals surface area contributed by atoms with Gasteiger partial charge in [-0.3, -0.25) is 9.59 Å². The molecule has 1 rings (SSSR count). The van der Waals surface area contributed by atoms with Crippen LogP contribution in [-0.4, -0.2) is 34.7 Å². The van der Waals surface area contributed by atoms with E-state index in [1.54, 1.807) is 0 Å². The van der Waals surface area contributed by atoms with Gasteiger partial charge in [0, 0.05) is 4.90 Å². The highest BCUT2D eigenvalue weighted by molar-refractivity contribution is 8.00. The summed E-state index contributed by atoms with van der Waals surface area (Å²) in [5, 5.41) is 11.2. The van der Waals surface area contributed by atoms with E-state index in [1.807, 2.05) is 32.0 Å². The van der Waals surface area contributed by atoms with Crippen LogP contribution in [0.2, 0.25) is 0 Å². The van der Waals surface area contributed by atoms with Gasteiger partial charge in [-0.05, 0) is 25.5 Å². The zero-order valence-electron chi connectivity index (χ0n) is 11.9. The van der Waals surface area contributed by atoms with Crippen LogP contribution in [0.15, 0.2) is 23.1 Å². The predicted molar refractivity (Wildman–Crippen MR) is 80.0 cm³/mol. The highest BCUT2D eigenvalue weighted by atomic mass is 32.2. The first-order valence-electron chi connectivity index (χ1n) is 6.30. The van der Waals surface area contributed by atoms with Gasteiger partial charge in [-0.2, -0.15) is 0 Å². The van der Waals surface area contributed by atoms with Crippen molar-refractivity contribution in [3.8, 4) is 0 Å². The van der Waals surface area contributed by atoms with Crippen LogP contribution in [0.1, 0.15) is 17.5 Å². The lowest BCUT2D eigenvalue weighted by Gasteiger charge is -2.13. The van der Waals surface area contributed by atoms with Crippen molar-refractivity contribution in [1.82, 2.24) is 5.32 Å². The smallest absolute Gasteiger partial charge is 0.326 e. The van der Waals surface area contributed by atoms with Crippen LogP contribution in [0.4, 0.5) is 0 Å². The maximum absolute atomic E-state index is 11.8. The summed E-state index contributed by atoms with van der Waals surface area (Å²) in [6.45, 7) is 3.89. The average Bonchev–Trinajstić information content (AvgIpc) is 2.38. The van der Waals surface area contributed by atoms with Gasteiger partial charge in [0.25, 0.3) is 0 Å². The molecule has 0 spiro atoms. The molecule has 21 heavy (non-hydrogen) atoms. The Hall–Kier alpha value is -2.02. The van der Waals surface area contributed by atoms with Crippen molar-refractivity contribution in [3.05, 3.63) is 29.3 Å². The Balaban J connectivity index is 2.58. The maximum atomic E-state index is 11.8. The zero-order valence-corrected chi connectivity index (χ0v) is 12.7. The van der Waals surface area contributed by atoms with Crippen molar-refractivity contribution >= 4 is 29.5 Å². The Bertz CT molecular complexity index is 560. The minimum atomic E-state index is -1.28. The van der Waals surface area contributed by atoms with Gasteiger partial charge in [-0.1, -0.05) is 17.7 Å². The highest BCUT2D eigenvalue weighted by Gasteiger charge is 2.22. The van der Waals surface area contributed by atoms with E-state index in [9.17, 15) is 14.4 Å². The fourth-order valence-electron chi connectivity index (χ4n) is 1.64. The van der Waals surface area contributed by atoms with Crippen LogP contribution in [0, 0.1) is 13.8 Å². The number of nitrogens with two attached hydrogens (primary N) is 1. The largest absolute Gasteiger partial charge is 0.480 e. The quantitative estimate of drug-likeness (QED) is 0.647. The lowest BCUT2D eigenvalue weighted by Crippen LogP contribution is -2.44. The first-order valence-corrected chi connectivity index (χ1v) is 7.28. The van der Waals surface area contributed by atoms with Crippen molar-refractivity contribution in [2.24, 2.45) is 5.73 Å². The normalized spacial score (nSPS) is 11.7. The molecule has 4 N–H and O–H groups in total. The molecule has 0 fully saturated rings. The Labute approximate surface area is 127 Å². The molecule has 0 radical (unpaired) electrons. The third kappa shape index (κ3) is 5.86. The molecule has 7 heteroatoms. The molecular weight excluding hydrogens is 292 g/mol. The lowest BCUT2D eigenvalue weighted by atomic mass is 10.2. The van der Waals surface area contributed by atoms with Crippen LogP contribution in [0.25, 0.3) is 0 Å². The minimum absolute atomic E-state index is 0.0762. The molecule has 0 aliphatic heterocycles. The van der Waals surface area contributed by atoms with E-state index in [4.69, 9.17) is 10.8 Å². The van der Waals surface area contributed by atoms with Crippen LogP contribution in [0.3, 0.4) is 0 Å². The second-order valence-electron chi connectivity index (χ2n) is 4.69. The molecule has 0 saturated carbocycles. The molecule has 114 valence electrons. The topological polar surface area (TPSA) is 109 Å². The van der Waals surface area contributed by atoms with E-state index in [-0.39, 0.29) is 5.75 Å². The van der Waals surface area contributed by atoms with Gasteiger partial charge in [0.1, 0.15) is 6.04 Å². The lowest BCUT2D eigenvalue weighted by molar-refractivity contribution is -0.143. The van der Waals surface area contributed by atoms with Crippen molar-refractivity contribution in [2.45, 2.75) is 31.2 Å². The monoisotopic (exact) mass is 310 g/mol. The number of carbonyl (C=O) groups excluding carboxylic acids is 2. The number of carboxylic acid groups (broad SMARTS) is 1. The Kier molecular flexibility index (Phi) is 6.23. The fourth-order valence-corrected chi connectivity index (χ4v) is 2.58. The SMILES string of the molecule is Cc1ccc(C)c(SCC(=O)N[C@@H](CC(N)=O)C(=O)O)c1. The van der Waals surface area contributed by atoms with E-state index >= 15 is 0 Å². The van der Waals surface area contributed by atoms with Gasteiger partial charge in [0.05, 0.1) is 12.2 Å². The van der Waals surface area contributed by atoms with E-state index in [1.165, 1.54) is 11.8 Å². The van der Waals surface area contributed by atoms with Crippen molar-refractivity contribution in [3.63, 3.8) is 0 Å². The number of benzene rings is 1.